The molecule has 6 heteroatoms. The van der Waals surface area contributed by atoms with Gasteiger partial charge in [0.1, 0.15) is 0 Å². The van der Waals surface area contributed by atoms with E-state index in [1.54, 1.807) is 7.11 Å². The van der Waals surface area contributed by atoms with Crippen LogP contribution in [0.25, 0.3) is 0 Å². The van der Waals surface area contributed by atoms with E-state index in [0.29, 0.717) is 6.04 Å². The molecule has 1 fully saturated rings. The molecule has 0 amide bonds. The first kappa shape index (κ1) is 21.2. The Kier molecular flexibility index (Phi) is 12.8. The van der Waals surface area contributed by atoms with E-state index in [0.717, 1.165) is 64.8 Å². The number of ether oxygens (including phenoxy) is 2. The van der Waals surface area contributed by atoms with Gasteiger partial charge in [0.2, 0.25) is 0 Å². The second kappa shape index (κ2) is 14.5. The van der Waals surface area contributed by atoms with Crippen molar-refractivity contribution in [1.82, 2.24) is 15.5 Å². The van der Waals surface area contributed by atoms with Gasteiger partial charge in [0.25, 0.3) is 0 Å². The van der Waals surface area contributed by atoms with Gasteiger partial charge in [-0.15, -0.1) is 0 Å². The standard InChI is InChI=1S/C18H38N4O2/c1-4-6-13-24-14-8-10-20-18(19-5-2)21-16-17-9-7-11-22(17)12-15-23-3/h17H,4-16H2,1-3H3,(H2,19,20,21). The number of unbranched alkanes of at least 4 members (excludes halogenated alkanes) is 1. The highest BCUT2D eigenvalue weighted by atomic mass is 16.5. The topological polar surface area (TPSA) is 58.1 Å². The number of nitrogens with one attached hydrogen (secondary N) is 2. The van der Waals surface area contributed by atoms with Crippen molar-refractivity contribution in [3.05, 3.63) is 0 Å². The van der Waals surface area contributed by atoms with Gasteiger partial charge in [-0.1, -0.05) is 13.3 Å². The molecule has 0 aromatic heterocycles. The van der Waals surface area contributed by atoms with Gasteiger partial charge in [0.05, 0.1) is 13.2 Å². The molecule has 1 saturated heterocycles. The zero-order valence-electron chi connectivity index (χ0n) is 16.0. The van der Waals surface area contributed by atoms with Crippen LogP contribution in [0.4, 0.5) is 0 Å². The molecule has 0 spiro atoms. The van der Waals surface area contributed by atoms with Gasteiger partial charge in [-0.3, -0.25) is 9.89 Å². The maximum absolute atomic E-state index is 5.59. The summed E-state index contributed by atoms with van der Waals surface area (Å²) in [7, 11) is 1.77. The second-order valence-electron chi connectivity index (χ2n) is 6.29. The van der Waals surface area contributed by atoms with Crippen molar-refractivity contribution in [2.45, 2.75) is 52.0 Å². The average Bonchev–Trinajstić information content (AvgIpc) is 3.04. The molecule has 0 aromatic carbocycles. The fraction of sp³-hybridized carbons (Fsp3) is 0.944. The molecule has 2 N–H and O–H groups in total. The summed E-state index contributed by atoms with van der Waals surface area (Å²) in [6, 6.07) is 0.549. The lowest BCUT2D eigenvalue weighted by atomic mass is 10.2. The number of rotatable bonds is 13. The van der Waals surface area contributed by atoms with E-state index in [1.165, 1.54) is 25.8 Å². The monoisotopic (exact) mass is 342 g/mol. The van der Waals surface area contributed by atoms with E-state index >= 15 is 0 Å². The molecule has 1 unspecified atom stereocenters. The van der Waals surface area contributed by atoms with E-state index in [1.807, 2.05) is 0 Å². The highest BCUT2D eigenvalue weighted by Gasteiger charge is 2.23. The summed E-state index contributed by atoms with van der Waals surface area (Å²) in [5.41, 5.74) is 0. The van der Waals surface area contributed by atoms with E-state index in [2.05, 4.69) is 29.4 Å². The molecule has 6 nitrogen and oxygen atoms in total. The number of methoxy groups -OCH3 is 1. The molecule has 0 aliphatic carbocycles. The second-order valence-corrected chi connectivity index (χ2v) is 6.29. The van der Waals surface area contributed by atoms with Crippen LogP contribution >= 0.6 is 0 Å². The van der Waals surface area contributed by atoms with Gasteiger partial charge in [-0.05, 0) is 39.2 Å². The van der Waals surface area contributed by atoms with Crippen LogP contribution in [0.5, 0.6) is 0 Å². The molecule has 1 atom stereocenters. The van der Waals surface area contributed by atoms with Crippen molar-refractivity contribution < 1.29 is 9.47 Å². The van der Waals surface area contributed by atoms with Crippen LogP contribution in [0.15, 0.2) is 4.99 Å². The predicted octanol–water partition coefficient (Wildman–Crippen LogP) is 1.86. The van der Waals surface area contributed by atoms with E-state index in [9.17, 15) is 0 Å². The maximum atomic E-state index is 5.59. The summed E-state index contributed by atoms with van der Waals surface area (Å²) >= 11 is 0. The molecule has 1 rings (SSSR count). The van der Waals surface area contributed by atoms with Crippen LogP contribution in [0.1, 0.15) is 46.0 Å². The Hall–Kier alpha value is -0.850. The molecule has 1 aliphatic rings. The summed E-state index contributed by atoms with van der Waals surface area (Å²) < 4.78 is 10.8. The number of nitrogens with zero attached hydrogens (tertiary/aromatic N) is 2. The van der Waals surface area contributed by atoms with Gasteiger partial charge in [-0.2, -0.15) is 0 Å². The van der Waals surface area contributed by atoms with Gasteiger partial charge in [-0.25, -0.2) is 0 Å². The molecule has 0 aromatic rings. The molecule has 0 radical (unpaired) electrons. The van der Waals surface area contributed by atoms with Crippen LogP contribution in [0.2, 0.25) is 0 Å². The average molecular weight is 343 g/mol. The Labute approximate surface area is 148 Å². The van der Waals surface area contributed by atoms with Gasteiger partial charge in [0.15, 0.2) is 5.96 Å². The van der Waals surface area contributed by atoms with Crippen molar-refractivity contribution in [3.8, 4) is 0 Å². The van der Waals surface area contributed by atoms with Gasteiger partial charge < -0.3 is 20.1 Å². The molecule has 142 valence electrons. The van der Waals surface area contributed by atoms with E-state index in [-0.39, 0.29) is 0 Å². The lowest BCUT2D eigenvalue weighted by Gasteiger charge is -2.23. The predicted molar refractivity (Wildman–Crippen MR) is 101 cm³/mol. The highest BCUT2D eigenvalue weighted by molar-refractivity contribution is 5.79. The maximum Gasteiger partial charge on any atom is 0.191 e. The molecule has 1 heterocycles. The van der Waals surface area contributed by atoms with Gasteiger partial charge >= 0.3 is 0 Å². The quantitative estimate of drug-likeness (QED) is 0.304. The summed E-state index contributed by atoms with van der Waals surface area (Å²) in [6.07, 6.45) is 5.86. The number of likely N-dealkylation sites (tertiary alicyclic amines) is 1. The largest absolute Gasteiger partial charge is 0.383 e. The summed E-state index contributed by atoms with van der Waals surface area (Å²) in [4.78, 5) is 7.27. The minimum atomic E-state index is 0.549. The zero-order valence-corrected chi connectivity index (χ0v) is 16.0. The molecule has 0 saturated carbocycles. The first-order chi connectivity index (χ1) is 11.8. The van der Waals surface area contributed by atoms with Gasteiger partial charge in [0, 0.05) is 46.0 Å². The molecule has 0 bridgehead atoms. The fourth-order valence-electron chi connectivity index (χ4n) is 2.87. The minimum Gasteiger partial charge on any atom is -0.383 e. The van der Waals surface area contributed by atoms with Crippen LogP contribution < -0.4 is 10.6 Å². The lowest BCUT2D eigenvalue weighted by Crippen LogP contribution is -2.40. The van der Waals surface area contributed by atoms with Crippen molar-refractivity contribution in [2.75, 3.05) is 59.7 Å². The first-order valence-electron chi connectivity index (χ1n) is 9.64. The third-order valence-electron chi connectivity index (χ3n) is 4.29. The Balaban J connectivity index is 2.25. The van der Waals surface area contributed by atoms with Crippen molar-refractivity contribution in [2.24, 2.45) is 4.99 Å². The van der Waals surface area contributed by atoms with Crippen LogP contribution in [-0.2, 0) is 9.47 Å². The first-order valence-corrected chi connectivity index (χ1v) is 9.64. The minimum absolute atomic E-state index is 0.549. The van der Waals surface area contributed by atoms with Crippen molar-refractivity contribution in [3.63, 3.8) is 0 Å². The smallest absolute Gasteiger partial charge is 0.191 e. The van der Waals surface area contributed by atoms with Crippen LogP contribution in [-0.4, -0.2) is 76.6 Å². The lowest BCUT2D eigenvalue weighted by molar-refractivity contribution is 0.129. The Morgan fingerprint density at radius 1 is 1.17 bits per heavy atom. The van der Waals surface area contributed by atoms with Crippen LogP contribution in [0.3, 0.4) is 0 Å². The molecular weight excluding hydrogens is 304 g/mol. The third-order valence-corrected chi connectivity index (χ3v) is 4.29. The van der Waals surface area contributed by atoms with Crippen molar-refractivity contribution >= 4 is 5.96 Å². The number of hydrogen-bond donors (Lipinski definition) is 2. The summed E-state index contributed by atoms with van der Waals surface area (Å²) in [5.74, 6) is 0.921. The van der Waals surface area contributed by atoms with E-state index < -0.39 is 0 Å². The Bertz CT molecular complexity index is 326. The highest BCUT2D eigenvalue weighted by Crippen LogP contribution is 2.16. The molecular formula is C18H38N4O2. The normalized spacial score (nSPS) is 19.0. The van der Waals surface area contributed by atoms with E-state index in [4.69, 9.17) is 14.5 Å². The van der Waals surface area contributed by atoms with Crippen LogP contribution in [0, 0.1) is 0 Å². The fourth-order valence-corrected chi connectivity index (χ4v) is 2.87. The zero-order chi connectivity index (χ0) is 17.5. The Morgan fingerprint density at radius 3 is 2.75 bits per heavy atom. The number of aliphatic imine (C=N–C) groups is 1. The summed E-state index contributed by atoms with van der Waals surface area (Å²) in [6.45, 7) is 11.6. The third kappa shape index (κ3) is 9.45. The summed E-state index contributed by atoms with van der Waals surface area (Å²) in [5, 5.41) is 6.74. The Morgan fingerprint density at radius 2 is 2.00 bits per heavy atom. The molecule has 24 heavy (non-hydrogen) atoms. The van der Waals surface area contributed by atoms with Crippen molar-refractivity contribution in [1.29, 1.82) is 0 Å². The number of guanidine groups is 1. The number of hydrogen-bond acceptors (Lipinski definition) is 4. The SMILES string of the molecule is CCCCOCCCNC(=NCC1CCCN1CCOC)NCC. The molecule has 1 aliphatic heterocycles.